The molecule has 1 fully saturated rings. The van der Waals surface area contributed by atoms with Crippen molar-refractivity contribution in [3.8, 4) is 0 Å². The Kier molecular flexibility index (Phi) is 3.81. The van der Waals surface area contributed by atoms with Gasteiger partial charge in [-0.25, -0.2) is 4.39 Å². The monoisotopic (exact) mass is 252 g/mol. The zero-order valence-corrected chi connectivity index (χ0v) is 10.3. The van der Waals surface area contributed by atoms with E-state index in [1.54, 1.807) is 6.07 Å². The SMILES string of the molecule is COC(=O)C(N)C1CCN(c2cccc(F)c2)C1. The number of rotatable bonds is 3. The Labute approximate surface area is 106 Å². The molecule has 1 aromatic rings. The summed E-state index contributed by atoms with van der Waals surface area (Å²) in [6.45, 7) is 1.43. The summed E-state index contributed by atoms with van der Waals surface area (Å²) in [5, 5.41) is 0. The van der Waals surface area contributed by atoms with Crippen molar-refractivity contribution in [1.82, 2.24) is 0 Å². The van der Waals surface area contributed by atoms with Gasteiger partial charge in [0, 0.05) is 24.7 Å². The van der Waals surface area contributed by atoms with Crippen LogP contribution in [0.5, 0.6) is 0 Å². The Morgan fingerprint density at radius 3 is 3.06 bits per heavy atom. The van der Waals surface area contributed by atoms with Crippen molar-refractivity contribution in [1.29, 1.82) is 0 Å². The highest BCUT2D eigenvalue weighted by atomic mass is 19.1. The van der Waals surface area contributed by atoms with Gasteiger partial charge in [-0.1, -0.05) is 6.07 Å². The van der Waals surface area contributed by atoms with E-state index in [1.807, 2.05) is 11.0 Å². The second kappa shape index (κ2) is 5.35. The molecule has 98 valence electrons. The number of carbonyl (C=O) groups excluding carboxylic acids is 1. The number of nitrogens with two attached hydrogens (primary N) is 1. The molecule has 1 aliphatic heterocycles. The van der Waals surface area contributed by atoms with E-state index in [1.165, 1.54) is 19.2 Å². The van der Waals surface area contributed by atoms with E-state index in [0.717, 1.165) is 18.7 Å². The summed E-state index contributed by atoms with van der Waals surface area (Å²) >= 11 is 0. The molecule has 0 aromatic heterocycles. The fraction of sp³-hybridized carbons (Fsp3) is 0.462. The lowest BCUT2D eigenvalue weighted by atomic mass is 10.0. The molecule has 2 unspecified atom stereocenters. The number of halogens is 1. The third-order valence-corrected chi connectivity index (χ3v) is 3.38. The summed E-state index contributed by atoms with van der Waals surface area (Å²) in [4.78, 5) is 13.4. The molecule has 1 heterocycles. The average molecular weight is 252 g/mol. The quantitative estimate of drug-likeness (QED) is 0.820. The molecule has 1 aliphatic rings. The van der Waals surface area contributed by atoms with Gasteiger partial charge in [-0.05, 0) is 24.6 Å². The Hall–Kier alpha value is -1.62. The van der Waals surface area contributed by atoms with Crippen LogP contribution in [0, 0.1) is 11.7 Å². The van der Waals surface area contributed by atoms with Gasteiger partial charge in [-0.15, -0.1) is 0 Å². The molecule has 1 saturated heterocycles. The second-order valence-electron chi connectivity index (χ2n) is 4.52. The molecule has 2 N–H and O–H groups in total. The van der Waals surface area contributed by atoms with Gasteiger partial charge >= 0.3 is 5.97 Å². The standard InChI is InChI=1S/C13H17FN2O2/c1-18-13(17)12(15)9-5-6-16(8-9)11-4-2-3-10(14)7-11/h2-4,7,9,12H,5-6,8,15H2,1H3. The minimum Gasteiger partial charge on any atom is -0.468 e. The van der Waals surface area contributed by atoms with Crippen LogP contribution in [0.1, 0.15) is 6.42 Å². The van der Waals surface area contributed by atoms with E-state index in [-0.39, 0.29) is 17.7 Å². The number of benzene rings is 1. The largest absolute Gasteiger partial charge is 0.468 e. The van der Waals surface area contributed by atoms with Crippen LogP contribution in [0.15, 0.2) is 24.3 Å². The first kappa shape index (κ1) is 12.8. The normalized spacial score (nSPS) is 20.8. The van der Waals surface area contributed by atoms with E-state index >= 15 is 0 Å². The highest BCUT2D eigenvalue weighted by Gasteiger charge is 2.32. The second-order valence-corrected chi connectivity index (χ2v) is 4.52. The zero-order valence-electron chi connectivity index (χ0n) is 10.3. The van der Waals surface area contributed by atoms with E-state index in [4.69, 9.17) is 5.73 Å². The van der Waals surface area contributed by atoms with Gasteiger partial charge in [0.25, 0.3) is 0 Å². The summed E-state index contributed by atoms with van der Waals surface area (Å²) < 4.78 is 17.8. The fourth-order valence-electron chi connectivity index (χ4n) is 2.32. The Balaban J connectivity index is 2.02. The minimum atomic E-state index is -0.603. The first-order valence-electron chi connectivity index (χ1n) is 5.95. The molecule has 0 saturated carbocycles. The molecule has 0 aliphatic carbocycles. The van der Waals surface area contributed by atoms with Crippen LogP contribution in [-0.2, 0) is 9.53 Å². The lowest BCUT2D eigenvalue weighted by molar-refractivity contribution is -0.143. The number of carbonyl (C=O) groups is 1. The predicted molar refractivity (Wildman–Crippen MR) is 66.7 cm³/mol. The maximum atomic E-state index is 13.1. The van der Waals surface area contributed by atoms with Gasteiger partial charge in [-0.3, -0.25) is 4.79 Å². The summed E-state index contributed by atoms with van der Waals surface area (Å²) in [6, 6.07) is 5.84. The number of anilines is 1. The smallest absolute Gasteiger partial charge is 0.322 e. The molecule has 0 bridgehead atoms. The molecule has 1 aromatic carbocycles. The predicted octanol–water partition coefficient (Wildman–Crippen LogP) is 1.15. The molecule has 18 heavy (non-hydrogen) atoms. The molecule has 2 rings (SSSR count). The van der Waals surface area contributed by atoms with E-state index in [9.17, 15) is 9.18 Å². The van der Waals surface area contributed by atoms with Crippen molar-refractivity contribution in [3.63, 3.8) is 0 Å². The van der Waals surface area contributed by atoms with Crippen molar-refractivity contribution in [3.05, 3.63) is 30.1 Å². The van der Waals surface area contributed by atoms with Crippen molar-refractivity contribution < 1.29 is 13.9 Å². The lowest BCUT2D eigenvalue weighted by Gasteiger charge is -2.20. The van der Waals surface area contributed by atoms with Gasteiger partial charge in [0.05, 0.1) is 7.11 Å². The van der Waals surface area contributed by atoms with Gasteiger partial charge in [0.2, 0.25) is 0 Å². The van der Waals surface area contributed by atoms with Crippen LogP contribution in [0.25, 0.3) is 0 Å². The first-order valence-corrected chi connectivity index (χ1v) is 5.95. The summed E-state index contributed by atoms with van der Waals surface area (Å²) in [5.41, 5.74) is 6.66. The van der Waals surface area contributed by atoms with Crippen LogP contribution >= 0.6 is 0 Å². The molecule has 5 heteroatoms. The maximum absolute atomic E-state index is 13.1. The maximum Gasteiger partial charge on any atom is 0.322 e. The van der Waals surface area contributed by atoms with Crippen molar-refractivity contribution in [2.24, 2.45) is 11.7 Å². The Morgan fingerprint density at radius 1 is 1.61 bits per heavy atom. The fourth-order valence-corrected chi connectivity index (χ4v) is 2.32. The van der Waals surface area contributed by atoms with Crippen molar-refractivity contribution >= 4 is 11.7 Å². The molecule has 2 atom stereocenters. The van der Waals surface area contributed by atoms with E-state index in [2.05, 4.69) is 4.74 Å². The third kappa shape index (κ3) is 2.61. The topological polar surface area (TPSA) is 55.6 Å². The van der Waals surface area contributed by atoms with Gasteiger partial charge < -0.3 is 15.4 Å². The minimum absolute atomic E-state index is 0.0562. The molecular formula is C13H17FN2O2. The molecule has 0 amide bonds. The molecule has 0 radical (unpaired) electrons. The van der Waals surface area contributed by atoms with Gasteiger partial charge in [0.15, 0.2) is 0 Å². The highest BCUT2D eigenvalue weighted by Crippen LogP contribution is 2.25. The van der Waals surface area contributed by atoms with Crippen LogP contribution in [0.3, 0.4) is 0 Å². The highest BCUT2D eigenvalue weighted by molar-refractivity contribution is 5.76. The molecule has 0 spiro atoms. The number of hydrogen-bond donors (Lipinski definition) is 1. The Morgan fingerprint density at radius 2 is 2.39 bits per heavy atom. The van der Waals surface area contributed by atoms with E-state index < -0.39 is 6.04 Å². The number of methoxy groups -OCH3 is 1. The summed E-state index contributed by atoms with van der Waals surface area (Å²) in [7, 11) is 1.33. The van der Waals surface area contributed by atoms with Crippen LogP contribution in [0.4, 0.5) is 10.1 Å². The van der Waals surface area contributed by atoms with Crippen molar-refractivity contribution in [2.75, 3.05) is 25.1 Å². The lowest BCUT2D eigenvalue weighted by Crippen LogP contribution is -2.40. The number of ether oxygens (including phenoxy) is 1. The van der Waals surface area contributed by atoms with Crippen LogP contribution in [-0.4, -0.2) is 32.2 Å². The summed E-state index contributed by atoms with van der Waals surface area (Å²) in [6.07, 6.45) is 0.812. The van der Waals surface area contributed by atoms with E-state index in [0.29, 0.717) is 6.54 Å². The van der Waals surface area contributed by atoms with Crippen LogP contribution < -0.4 is 10.6 Å². The molecular weight excluding hydrogens is 235 g/mol. The summed E-state index contributed by atoms with van der Waals surface area (Å²) in [5.74, 6) is -0.588. The number of hydrogen-bond acceptors (Lipinski definition) is 4. The van der Waals surface area contributed by atoms with Crippen LogP contribution in [0.2, 0.25) is 0 Å². The third-order valence-electron chi connectivity index (χ3n) is 3.38. The number of esters is 1. The zero-order chi connectivity index (χ0) is 13.1. The Bertz CT molecular complexity index is 439. The molecule has 4 nitrogen and oxygen atoms in total. The van der Waals surface area contributed by atoms with Gasteiger partial charge in [0.1, 0.15) is 11.9 Å². The number of nitrogens with zero attached hydrogens (tertiary/aromatic N) is 1. The van der Waals surface area contributed by atoms with Gasteiger partial charge in [-0.2, -0.15) is 0 Å². The van der Waals surface area contributed by atoms with Crippen molar-refractivity contribution in [2.45, 2.75) is 12.5 Å². The first-order chi connectivity index (χ1) is 8.61. The average Bonchev–Trinajstić information content (AvgIpc) is 2.86.